The maximum absolute atomic E-state index is 13.3. The van der Waals surface area contributed by atoms with Crippen LogP contribution in [0.2, 0.25) is 0 Å². The van der Waals surface area contributed by atoms with Crippen LogP contribution in [0.4, 0.5) is 10.1 Å². The Labute approximate surface area is 117 Å². The molecule has 6 heteroatoms. The molecule has 0 spiro atoms. The van der Waals surface area contributed by atoms with Gasteiger partial charge in [-0.15, -0.1) is 0 Å². The first-order valence-electron chi connectivity index (χ1n) is 6.69. The SMILES string of the molecule is O=C(CNCC(=O)N1CCCC1)Nc1ccccc1F. The number of amides is 2. The standard InChI is InChI=1S/C14H18FN3O2/c15-11-5-1-2-6-12(11)17-13(19)9-16-10-14(20)18-7-3-4-8-18/h1-2,5-6,16H,3-4,7-10H2,(H,17,19). The van der Waals surface area contributed by atoms with Crippen molar-refractivity contribution in [2.45, 2.75) is 12.8 Å². The van der Waals surface area contributed by atoms with Gasteiger partial charge in [0.05, 0.1) is 18.8 Å². The Bertz CT molecular complexity index is 487. The van der Waals surface area contributed by atoms with Crippen LogP contribution in [0.3, 0.4) is 0 Å². The van der Waals surface area contributed by atoms with Gasteiger partial charge in [-0.2, -0.15) is 0 Å². The van der Waals surface area contributed by atoms with Gasteiger partial charge in [0.25, 0.3) is 0 Å². The highest BCUT2D eigenvalue weighted by atomic mass is 19.1. The molecule has 0 aromatic heterocycles. The lowest BCUT2D eigenvalue weighted by Crippen LogP contribution is -2.39. The minimum absolute atomic E-state index is 0.00110. The lowest BCUT2D eigenvalue weighted by molar-refractivity contribution is -0.129. The quantitative estimate of drug-likeness (QED) is 0.844. The molecule has 2 rings (SSSR count). The maximum atomic E-state index is 13.3. The number of carbonyl (C=O) groups excluding carboxylic acids is 2. The van der Waals surface area contributed by atoms with Crippen LogP contribution >= 0.6 is 0 Å². The summed E-state index contributed by atoms with van der Waals surface area (Å²) in [5.41, 5.74) is 0.144. The van der Waals surface area contributed by atoms with Gasteiger partial charge in [0.2, 0.25) is 11.8 Å². The van der Waals surface area contributed by atoms with Gasteiger partial charge in [-0.3, -0.25) is 14.9 Å². The molecule has 0 aliphatic carbocycles. The van der Waals surface area contributed by atoms with Gasteiger partial charge in [-0.25, -0.2) is 4.39 Å². The molecule has 1 aliphatic heterocycles. The van der Waals surface area contributed by atoms with E-state index in [0.717, 1.165) is 25.9 Å². The number of likely N-dealkylation sites (tertiary alicyclic amines) is 1. The average Bonchev–Trinajstić information content (AvgIpc) is 2.95. The van der Waals surface area contributed by atoms with Gasteiger partial charge in [0.1, 0.15) is 5.82 Å². The molecule has 0 bridgehead atoms. The molecule has 5 nitrogen and oxygen atoms in total. The van der Waals surface area contributed by atoms with E-state index in [4.69, 9.17) is 0 Å². The highest BCUT2D eigenvalue weighted by molar-refractivity contribution is 5.92. The number of hydrogen-bond acceptors (Lipinski definition) is 3. The van der Waals surface area contributed by atoms with Crippen molar-refractivity contribution in [1.29, 1.82) is 0 Å². The fourth-order valence-corrected chi connectivity index (χ4v) is 2.12. The second-order valence-electron chi connectivity index (χ2n) is 4.72. The molecule has 20 heavy (non-hydrogen) atoms. The largest absolute Gasteiger partial charge is 0.342 e. The molecule has 0 unspecified atom stereocenters. The number of nitrogens with one attached hydrogen (secondary N) is 2. The van der Waals surface area contributed by atoms with Crippen molar-refractivity contribution in [3.63, 3.8) is 0 Å². The summed E-state index contributed by atoms with van der Waals surface area (Å²) < 4.78 is 13.3. The summed E-state index contributed by atoms with van der Waals surface area (Å²) in [7, 11) is 0. The van der Waals surface area contributed by atoms with Gasteiger partial charge in [-0.1, -0.05) is 12.1 Å². The fourth-order valence-electron chi connectivity index (χ4n) is 2.12. The molecule has 0 radical (unpaired) electrons. The first kappa shape index (κ1) is 14.5. The Balaban J connectivity index is 1.70. The van der Waals surface area contributed by atoms with E-state index in [1.54, 1.807) is 17.0 Å². The highest BCUT2D eigenvalue weighted by Gasteiger charge is 2.17. The molecule has 0 atom stereocenters. The summed E-state index contributed by atoms with van der Waals surface area (Å²) in [5.74, 6) is -0.848. The number of carbonyl (C=O) groups is 2. The summed E-state index contributed by atoms with van der Waals surface area (Å²) in [6.45, 7) is 1.70. The summed E-state index contributed by atoms with van der Waals surface area (Å²) >= 11 is 0. The fraction of sp³-hybridized carbons (Fsp3) is 0.429. The van der Waals surface area contributed by atoms with E-state index in [9.17, 15) is 14.0 Å². The number of para-hydroxylation sites is 1. The third-order valence-electron chi connectivity index (χ3n) is 3.17. The van der Waals surface area contributed by atoms with Crippen LogP contribution in [0.1, 0.15) is 12.8 Å². The molecule has 0 saturated carbocycles. The van der Waals surface area contributed by atoms with Crippen LogP contribution in [-0.2, 0) is 9.59 Å². The maximum Gasteiger partial charge on any atom is 0.238 e. The topological polar surface area (TPSA) is 61.4 Å². The highest BCUT2D eigenvalue weighted by Crippen LogP contribution is 2.11. The Morgan fingerprint density at radius 3 is 2.55 bits per heavy atom. The van der Waals surface area contributed by atoms with E-state index in [1.807, 2.05) is 0 Å². The third kappa shape index (κ3) is 4.03. The molecular weight excluding hydrogens is 261 g/mol. The van der Waals surface area contributed by atoms with E-state index in [-0.39, 0.29) is 30.6 Å². The van der Waals surface area contributed by atoms with Crippen molar-refractivity contribution < 1.29 is 14.0 Å². The molecule has 1 aromatic rings. The van der Waals surface area contributed by atoms with Crippen molar-refractivity contribution in [1.82, 2.24) is 10.2 Å². The third-order valence-corrected chi connectivity index (χ3v) is 3.17. The number of benzene rings is 1. The Morgan fingerprint density at radius 2 is 1.85 bits per heavy atom. The Morgan fingerprint density at radius 1 is 1.15 bits per heavy atom. The zero-order chi connectivity index (χ0) is 14.4. The van der Waals surface area contributed by atoms with E-state index in [1.165, 1.54) is 12.1 Å². The molecule has 1 fully saturated rings. The summed E-state index contributed by atoms with van der Waals surface area (Å²) in [6, 6.07) is 5.96. The van der Waals surface area contributed by atoms with Gasteiger partial charge in [0, 0.05) is 13.1 Å². The van der Waals surface area contributed by atoms with Crippen LogP contribution in [-0.4, -0.2) is 42.9 Å². The number of hydrogen-bond donors (Lipinski definition) is 2. The average molecular weight is 279 g/mol. The molecule has 2 amide bonds. The van der Waals surface area contributed by atoms with Gasteiger partial charge in [-0.05, 0) is 25.0 Å². The number of halogens is 1. The predicted molar refractivity (Wildman–Crippen MR) is 73.7 cm³/mol. The molecular formula is C14H18FN3O2. The van der Waals surface area contributed by atoms with Crippen molar-refractivity contribution in [2.75, 3.05) is 31.5 Å². The van der Waals surface area contributed by atoms with Crippen LogP contribution in [0.25, 0.3) is 0 Å². The predicted octanol–water partition coefficient (Wildman–Crippen LogP) is 0.976. The van der Waals surface area contributed by atoms with Crippen molar-refractivity contribution in [3.8, 4) is 0 Å². The minimum atomic E-state index is -0.478. The monoisotopic (exact) mass is 279 g/mol. The van der Waals surface area contributed by atoms with Crippen LogP contribution in [0.15, 0.2) is 24.3 Å². The molecule has 1 aromatic carbocycles. The van der Waals surface area contributed by atoms with Crippen molar-refractivity contribution in [3.05, 3.63) is 30.1 Å². The van der Waals surface area contributed by atoms with Crippen molar-refractivity contribution in [2.24, 2.45) is 0 Å². The second-order valence-corrected chi connectivity index (χ2v) is 4.72. The van der Waals surface area contributed by atoms with E-state index < -0.39 is 5.82 Å². The second kappa shape index (κ2) is 7.00. The molecule has 2 N–H and O–H groups in total. The normalized spacial score (nSPS) is 14.3. The first-order valence-corrected chi connectivity index (χ1v) is 6.69. The van der Waals surface area contributed by atoms with E-state index >= 15 is 0 Å². The van der Waals surface area contributed by atoms with Gasteiger partial charge in [0.15, 0.2) is 0 Å². The number of nitrogens with zero attached hydrogens (tertiary/aromatic N) is 1. The zero-order valence-electron chi connectivity index (χ0n) is 11.2. The van der Waals surface area contributed by atoms with Crippen LogP contribution in [0, 0.1) is 5.82 Å². The molecule has 108 valence electrons. The number of rotatable bonds is 5. The van der Waals surface area contributed by atoms with E-state index in [2.05, 4.69) is 10.6 Å². The summed E-state index contributed by atoms with van der Waals surface area (Å²) in [6.07, 6.45) is 2.08. The van der Waals surface area contributed by atoms with Crippen LogP contribution in [0.5, 0.6) is 0 Å². The van der Waals surface area contributed by atoms with Gasteiger partial charge < -0.3 is 10.2 Å². The van der Waals surface area contributed by atoms with Gasteiger partial charge >= 0.3 is 0 Å². The number of anilines is 1. The smallest absolute Gasteiger partial charge is 0.238 e. The Kier molecular flexibility index (Phi) is 5.06. The first-order chi connectivity index (χ1) is 9.66. The summed E-state index contributed by atoms with van der Waals surface area (Å²) in [4.78, 5) is 25.1. The Hall–Kier alpha value is -1.95. The lowest BCUT2D eigenvalue weighted by Gasteiger charge is -2.15. The lowest BCUT2D eigenvalue weighted by atomic mass is 10.3. The molecule has 1 aliphatic rings. The minimum Gasteiger partial charge on any atom is -0.342 e. The molecule has 1 heterocycles. The van der Waals surface area contributed by atoms with Crippen LogP contribution < -0.4 is 10.6 Å². The van der Waals surface area contributed by atoms with E-state index in [0.29, 0.717) is 0 Å². The van der Waals surface area contributed by atoms with Crippen molar-refractivity contribution >= 4 is 17.5 Å². The zero-order valence-corrected chi connectivity index (χ0v) is 11.2. The molecule has 1 saturated heterocycles. The summed E-state index contributed by atoms with van der Waals surface area (Å²) in [5, 5.41) is 5.23.